The monoisotopic (exact) mass is 415 g/mol. The first kappa shape index (κ1) is 19.2. The topological polar surface area (TPSA) is 85.6 Å². The van der Waals surface area contributed by atoms with Crippen LogP contribution in [0.15, 0.2) is 59.1 Å². The molecule has 0 heterocycles. The first-order valence-electron chi connectivity index (χ1n) is 7.38. The lowest BCUT2D eigenvalue weighted by Crippen LogP contribution is -2.11. The van der Waals surface area contributed by atoms with E-state index in [2.05, 4.69) is 22.5 Å². The van der Waals surface area contributed by atoms with Crippen LogP contribution < -0.4 is 9.47 Å². The molecule has 0 aliphatic rings. The smallest absolute Gasteiger partial charge is 0.343 e. The Labute approximate surface area is 158 Å². The summed E-state index contributed by atoms with van der Waals surface area (Å²) >= 11 is 3.29. The van der Waals surface area contributed by atoms with E-state index in [0.29, 0.717) is 27.1 Å². The van der Waals surface area contributed by atoms with Crippen LogP contribution in [0.1, 0.15) is 22.8 Å². The normalized spacial score (nSPS) is 9.73. The molecule has 0 fully saturated rings. The molecule has 0 unspecified atom stereocenters. The van der Waals surface area contributed by atoms with Gasteiger partial charge in [-0.2, -0.15) is 5.26 Å². The molecule has 0 saturated carbocycles. The van der Waals surface area contributed by atoms with Crippen molar-refractivity contribution in [3.8, 4) is 17.6 Å². The Hall–Kier alpha value is -3.11. The van der Waals surface area contributed by atoms with Crippen molar-refractivity contribution >= 4 is 27.9 Å². The number of ether oxygens (including phenoxy) is 3. The van der Waals surface area contributed by atoms with Crippen LogP contribution >= 0.6 is 15.9 Å². The summed E-state index contributed by atoms with van der Waals surface area (Å²) in [6.45, 7) is 4.72. The number of nitrogens with zero attached hydrogens (tertiary/aromatic N) is 1. The van der Waals surface area contributed by atoms with Crippen molar-refractivity contribution in [2.24, 2.45) is 0 Å². The molecule has 7 heteroatoms. The molecule has 6 nitrogen and oxygen atoms in total. The number of benzene rings is 2. The molecule has 0 aliphatic heterocycles. The molecule has 0 aliphatic carbocycles. The average Bonchev–Trinajstić information content (AvgIpc) is 2.63. The van der Waals surface area contributed by atoms with Crippen LogP contribution in [0.4, 0.5) is 0 Å². The summed E-state index contributed by atoms with van der Waals surface area (Å²) in [5, 5.41) is 8.76. The van der Waals surface area contributed by atoms with Gasteiger partial charge in [-0.15, -0.1) is 0 Å². The number of carbonyl (C=O) groups excluding carboxylic acids is 2. The predicted molar refractivity (Wildman–Crippen MR) is 96.7 cm³/mol. The second-order valence-corrected chi connectivity index (χ2v) is 6.00. The SMILES string of the molecule is C=C(C)C(=O)OCOc1ccc(C(=O)Oc2ccc(C#N)cc2)cc1Br. The molecule has 26 heavy (non-hydrogen) atoms. The zero-order valence-corrected chi connectivity index (χ0v) is 15.4. The molecule has 0 bridgehead atoms. The van der Waals surface area contributed by atoms with Crippen LogP contribution in [0, 0.1) is 11.3 Å². The maximum Gasteiger partial charge on any atom is 0.343 e. The van der Waals surface area contributed by atoms with E-state index < -0.39 is 11.9 Å². The van der Waals surface area contributed by atoms with Crippen molar-refractivity contribution in [1.82, 2.24) is 0 Å². The summed E-state index contributed by atoms with van der Waals surface area (Å²) in [6.07, 6.45) is 0. The molecule has 0 saturated heterocycles. The van der Waals surface area contributed by atoms with Gasteiger partial charge in [0, 0.05) is 5.57 Å². The first-order chi connectivity index (χ1) is 12.4. The second kappa shape index (κ2) is 8.83. The fraction of sp³-hybridized carbons (Fsp3) is 0.105. The fourth-order valence-corrected chi connectivity index (χ4v) is 2.27. The summed E-state index contributed by atoms with van der Waals surface area (Å²) < 4.78 is 15.9. The minimum absolute atomic E-state index is 0.272. The molecule has 2 aromatic carbocycles. The number of hydrogen-bond donors (Lipinski definition) is 0. The zero-order chi connectivity index (χ0) is 19.1. The van der Waals surface area contributed by atoms with Crippen LogP contribution in [0.25, 0.3) is 0 Å². The number of halogens is 1. The highest BCUT2D eigenvalue weighted by molar-refractivity contribution is 9.10. The quantitative estimate of drug-likeness (QED) is 0.306. The zero-order valence-electron chi connectivity index (χ0n) is 13.8. The second-order valence-electron chi connectivity index (χ2n) is 5.15. The third-order valence-corrected chi connectivity index (χ3v) is 3.73. The molecular weight excluding hydrogens is 402 g/mol. The maximum absolute atomic E-state index is 12.2. The Morgan fingerprint density at radius 3 is 2.46 bits per heavy atom. The lowest BCUT2D eigenvalue weighted by atomic mass is 10.2. The van der Waals surface area contributed by atoms with E-state index in [0.717, 1.165) is 0 Å². The molecule has 0 aromatic heterocycles. The van der Waals surface area contributed by atoms with Crippen molar-refractivity contribution in [2.75, 3.05) is 6.79 Å². The van der Waals surface area contributed by atoms with Gasteiger partial charge in [-0.3, -0.25) is 0 Å². The maximum atomic E-state index is 12.2. The lowest BCUT2D eigenvalue weighted by molar-refractivity contribution is -0.145. The molecule has 0 atom stereocenters. The molecule has 0 amide bonds. The van der Waals surface area contributed by atoms with Gasteiger partial charge >= 0.3 is 11.9 Å². The van der Waals surface area contributed by atoms with Crippen molar-refractivity contribution in [1.29, 1.82) is 5.26 Å². The molecular formula is C19H14BrNO5. The van der Waals surface area contributed by atoms with Crippen LogP contribution in [-0.2, 0) is 9.53 Å². The molecule has 0 radical (unpaired) electrons. The Morgan fingerprint density at radius 2 is 1.88 bits per heavy atom. The summed E-state index contributed by atoms with van der Waals surface area (Å²) in [7, 11) is 0. The Morgan fingerprint density at radius 1 is 1.19 bits per heavy atom. The summed E-state index contributed by atoms with van der Waals surface area (Å²) in [6, 6.07) is 12.8. The van der Waals surface area contributed by atoms with Gasteiger partial charge in [0.1, 0.15) is 11.5 Å². The van der Waals surface area contributed by atoms with Gasteiger partial charge < -0.3 is 14.2 Å². The molecule has 2 aromatic rings. The average molecular weight is 416 g/mol. The van der Waals surface area contributed by atoms with E-state index in [1.807, 2.05) is 6.07 Å². The van der Waals surface area contributed by atoms with Gasteiger partial charge in [-0.25, -0.2) is 9.59 Å². The van der Waals surface area contributed by atoms with E-state index in [4.69, 9.17) is 19.5 Å². The van der Waals surface area contributed by atoms with Gasteiger partial charge in [0.05, 0.1) is 21.7 Å². The predicted octanol–water partition coefficient (Wildman–Crippen LogP) is 4.00. The lowest BCUT2D eigenvalue weighted by Gasteiger charge is -2.10. The summed E-state index contributed by atoms with van der Waals surface area (Å²) in [5.41, 5.74) is 1.04. The largest absolute Gasteiger partial charge is 0.456 e. The van der Waals surface area contributed by atoms with Crippen LogP contribution in [-0.4, -0.2) is 18.7 Å². The van der Waals surface area contributed by atoms with Crippen molar-refractivity contribution in [2.45, 2.75) is 6.92 Å². The third kappa shape index (κ3) is 5.19. The highest BCUT2D eigenvalue weighted by Gasteiger charge is 2.12. The number of nitriles is 1. The van der Waals surface area contributed by atoms with Crippen molar-refractivity contribution in [3.63, 3.8) is 0 Å². The van der Waals surface area contributed by atoms with E-state index in [9.17, 15) is 9.59 Å². The van der Waals surface area contributed by atoms with Crippen LogP contribution in [0.2, 0.25) is 0 Å². The van der Waals surface area contributed by atoms with E-state index in [-0.39, 0.29) is 12.4 Å². The molecule has 0 N–H and O–H groups in total. The molecule has 2 rings (SSSR count). The Balaban J connectivity index is 1.99. The van der Waals surface area contributed by atoms with E-state index in [1.165, 1.54) is 19.1 Å². The van der Waals surface area contributed by atoms with Gasteiger partial charge in [-0.05, 0) is 65.3 Å². The van der Waals surface area contributed by atoms with Gasteiger partial charge in [0.2, 0.25) is 6.79 Å². The molecule has 0 spiro atoms. The summed E-state index contributed by atoms with van der Waals surface area (Å²) in [4.78, 5) is 23.5. The van der Waals surface area contributed by atoms with Gasteiger partial charge in [0.25, 0.3) is 0 Å². The van der Waals surface area contributed by atoms with Crippen molar-refractivity contribution < 1.29 is 23.8 Å². The standard InChI is InChI=1S/C19H14BrNO5/c1-12(2)18(22)25-11-24-17-8-5-14(9-16(17)20)19(23)26-15-6-3-13(10-21)4-7-15/h3-9H,1,11H2,2H3. The van der Waals surface area contributed by atoms with Crippen LogP contribution in [0.5, 0.6) is 11.5 Å². The van der Waals surface area contributed by atoms with Gasteiger partial charge in [-0.1, -0.05) is 6.58 Å². The highest BCUT2D eigenvalue weighted by Crippen LogP contribution is 2.27. The number of carbonyl (C=O) groups is 2. The minimum Gasteiger partial charge on any atom is -0.456 e. The number of hydrogen-bond acceptors (Lipinski definition) is 6. The summed E-state index contributed by atoms with van der Waals surface area (Å²) in [5.74, 6) is -0.383. The Bertz CT molecular complexity index is 884. The molecule has 132 valence electrons. The van der Waals surface area contributed by atoms with Crippen LogP contribution in [0.3, 0.4) is 0 Å². The fourth-order valence-electron chi connectivity index (χ4n) is 1.78. The van der Waals surface area contributed by atoms with Gasteiger partial charge in [0.15, 0.2) is 0 Å². The number of rotatable bonds is 6. The van der Waals surface area contributed by atoms with Crippen molar-refractivity contribution in [3.05, 3.63) is 70.2 Å². The highest BCUT2D eigenvalue weighted by atomic mass is 79.9. The first-order valence-corrected chi connectivity index (χ1v) is 8.17. The van der Waals surface area contributed by atoms with E-state index in [1.54, 1.807) is 30.3 Å². The minimum atomic E-state index is -0.560. The van der Waals surface area contributed by atoms with E-state index >= 15 is 0 Å². The Kier molecular flexibility index (Phi) is 6.53. The third-order valence-electron chi connectivity index (χ3n) is 3.11. The number of esters is 2.